The third kappa shape index (κ3) is 2.48. The number of amides is 1. The highest BCUT2D eigenvalue weighted by Crippen LogP contribution is 2.28. The maximum Gasteiger partial charge on any atom is 0.241 e. The molecule has 0 radical (unpaired) electrons. The van der Waals surface area contributed by atoms with E-state index in [0.29, 0.717) is 18.5 Å². The van der Waals surface area contributed by atoms with Crippen LogP contribution in [0.1, 0.15) is 17.5 Å². The lowest BCUT2D eigenvalue weighted by atomic mass is 9.88. The van der Waals surface area contributed by atoms with Crippen LogP contribution in [0.15, 0.2) is 22.7 Å². The van der Waals surface area contributed by atoms with E-state index in [1.807, 2.05) is 4.90 Å². The summed E-state index contributed by atoms with van der Waals surface area (Å²) < 4.78 is 1.11. The molecule has 0 aliphatic carbocycles. The Balaban J connectivity index is 1.51. The van der Waals surface area contributed by atoms with Crippen molar-refractivity contribution in [2.45, 2.75) is 31.5 Å². The molecule has 6 heteroatoms. The van der Waals surface area contributed by atoms with Crippen LogP contribution >= 0.6 is 15.9 Å². The second-order valence-corrected chi connectivity index (χ2v) is 7.27. The molecule has 3 aliphatic heterocycles. The number of hydrogen-bond acceptors (Lipinski definition) is 4. The van der Waals surface area contributed by atoms with Crippen LogP contribution in [0.25, 0.3) is 0 Å². The van der Waals surface area contributed by atoms with Crippen LogP contribution in [0.4, 0.5) is 0 Å². The van der Waals surface area contributed by atoms with Crippen molar-refractivity contribution in [3.8, 4) is 0 Å². The molecule has 0 bridgehead atoms. The summed E-state index contributed by atoms with van der Waals surface area (Å²) in [7, 11) is 0. The van der Waals surface area contributed by atoms with Crippen LogP contribution in [0.2, 0.25) is 0 Å². The molecule has 118 valence electrons. The van der Waals surface area contributed by atoms with E-state index in [1.54, 1.807) is 0 Å². The van der Waals surface area contributed by atoms with E-state index in [4.69, 9.17) is 0 Å². The van der Waals surface area contributed by atoms with Gasteiger partial charge in [-0.05, 0) is 36.6 Å². The Kier molecular flexibility index (Phi) is 3.94. The monoisotopic (exact) mass is 364 g/mol. The molecule has 22 heavy (non-hydrogen) atoms. The zero-order chi connectivity index (χ0) is 15.1. The maximum atomic E-state index is 13.0. The predicted octanol–water partition coefficient (Wildman–Crippen LogP) is 0.788. The Morgan fingerprint density at radius 1 is 1.32 bits per heavy atom. The summed E-state index contributed by atoms with van der Waals surface area (Å²) in [5.41, 5.74) is 9.16. The highest BCUT2D eigenvalue weighted by Gasteiger charge is 2.43. The Morgan fingerprint density at radius 3 is 3.14 bits per heavy atom. The SMILES string of the molecule is O=C(C1NNC2CCNCC21)N1CCc2cccc(Br)c2C1. The average molecular weight is 365 g/mol. The third-order valence-electron chi connectivity index (χ3n) is 5.17. The van der Waals surface area contributed by atoms with Crippen molar-refractivity contribution in [2.75, 3.05) is 19.6 Å². The summed E-state index contributed by atoms with van der Waals surface area (Å²) in [5, 5.41) is 3.41. The number of hydrazine groups is 1. The minimum Gasteiger partial charge on any atom is -0.337 e. The lowest BCUT2D eigenvalue weighted by Gasteiger charge is -2.34. The fraction of sp³-hybridized carbons (Fsp3) is 0.562. The van der Waals surface area contributed by atoms with Crippen molar-refractivity contribution in [3.05, 3.63) is 33.8 Å². The Labute approximate surface area is 138 Å². The molecule has 3 atom stereocenters. The maximum absolute atomic E-state index is 13.0. The van der Waals surface area contributed by atoms with Crippen molar-refractivity contribution in [1.82, 2.24) is 21.1 Å². The fourth-order valence-electron chi connectivity index (χ4n) is 3.89. The first-order chi connectivity index (χ1) is 10.7. The van der Waals surface area contributed by atoms with Crippen molar-refractivity contribution in [2.24, 2.45) is 5.92 Å². The van der Waals surface area contributed by atoms with Crippen molar-refractivity contribution in [1.29, 1.82) is 0 Å². The number of halogens is 1. The number of benzene rings is 1. The second kappa shape index (κ2) is 5.92. The highest BCUT2D eigenvalue weighted by atomic mass is 79.9. The minimum absolute atomic E-state index is 0.109. The van der Waals surface area contributed by atoms with E-state index in [0.717, 1.165) is 36.9 Å². The van der Waals surface area contributed by atoms with E-state index in [1.165, 1.54) is 11.1 Å². The van der Waals surface area contributed by atoms with Gasteiger partial charge in [-0.15, -0.1) is 0 Å². The normalized spacial score (nSPS) is 30.8. The lowest BCUT2D eigenvalue weighted by Crippen LogP contribution is -2.51. The summed E-state index contributed by atoms with van der Waals surface area (Å²) >= 11 is 3.62. The van der Waals surface area contributed by atoms with E-state index in [-0.39, 0.29) is 11.9 Å². The molecule has 3 N–H and O–H groups in total. The fourth-order valence-corrected chi connectivity index (χ4v) is 4.42. The zero-order valence-electron chi connectivity index (χ0n) is 12.4. The summed E-state index contributed by atoms with van der Waals surface area (Å²) in [5.74, 6) is 0.576. The second-order valence-electron chi connectivity index (χ2n) is 6.42. The highest BCUT2D eigenvalue weighted by molar-refractivity contribution is 9.10. The summed E-state index contributed by atoms with van der Waals surface area (Å²) in [6.07, 6.45) is 2.02. The molecular weight excluding hydrogens is 344 g/mol. The lowest BCUT2D eigenvalue weighted by molar-refractivity contribution is -0.135. The van der Waals surface area contributed by atoms with Gasteiger partial charge in [-0.3, -0.25) is 10.2 Å². The molecule has 2 saturated heterocycles. The molecule has 0 aromatic heterocycles. The molecule has 1 aromatic carbocycles. The molecule has 1 amide bonds. The van der Waals surface area contributed by atoms with Gasteiger partial charge in [-0.2, -0.15) is 0 Å². The number of fused-ring (bicyclic) bond motifs is 2. The van der Waals surface area contributed by atoms with Gasteiger partial charge in [0.15, 0.2) is 0 Å². The van der Waals surface area contributed by atoms with Crippen molar-refractivity contribution >= 4 is 21.8 Å². The number of nitrogens with one attached hydrogen (secondary N) is 3. The van der Waals surface area contributed by atoms with E-state index in [2.05, 4.69) is 50.3 Å². The summed E-state index contributed by atoms with van der Waals surface area (Å²) in [6, 6.07) is 6.60. The molecule has 3 unspecified atom stereocenters. The van der Waals surface area contributed by atoms with Crippen LogP contribution < -0.4 is 16.2 Å². The van der Waals surface area contributed by atoms with E-state index < -0.39 is 0 Å². The molecule has 2 fully saturated rings. The Bertz CT molecular complexity index is 594. The average Bonchev–Trinajstić information content (AvgIpc) is 2.98. The molecular formula is C16H21BrN4O. The van der Waals surface area contributed by atoms with Gasteiger partial charge < -0.3 is 10.2 Å². The molecule has 0 spiro atoms. The first-order valence-electron chi connectivity index (χ1n) is 8.01. The van der Waals surface area contributed by atoms with Gasteiger partial charge in [0.2, 0.25) is 5.91 Å². The smallest absolute Gasteiger partial charge is 0.241 e. The summed E-state index contributed by atoms with van der Waals surface area (Å²) in [4.78, 5) is 15.0. The molecule has 4 rings (SSSR count). The standard InChI is InChI=1S/C16H21BrN4O/c17-13-3-1-2-10-5-7-21(9-12(10)13)16(22)15-11-8-18-6-4-14(11)19-20-15/h1-3,11,14-15,18-20H,4-9H2. The number of hydrogen-bond donors (Lipinski definition) is 3. The van der Waals surface area contributed by atoms with Gasteiger partial charge in [-0.25, -0.2) is 5.43 Å². The van der Waals surface area contributed by atoms with E-state index in [9.17, 15) is 4.79 Å². The number of carbonyl (C=O) groups excluding carboxylic acids is 1. The first-order valence-corrected chi connectivity index (χ1v) is 8.80. The zero-order valence-corrected chi connectivity index (χ0v) is 14.0. The van der Waals surface area contributed by atoms with Gasteiger partial charge in [-0.1, -0.05) is 28.1 Å². The van der Waals surface area contributed by atoms with Gasteiger partial charge in [0, 0.05) is 36.1 Å². The van der Waals surface area contributed by atoms with Gasteiger partial charge in [0.1, 0.15) is 6.04 Å². The Hall–Kier alpha value is -0.950. The molecule has 1 aromatic rings. The van der Waals surface area contributed by atoms with E-state index >= 15 is 0 Å². The number of carbonyl (C=O) groups is 1. The summed E-state index contributed by atoms with van der Waals surface area (Å²) in [6.45, 7) is 3.46. The van der Waals surface area contributed by atoms with Gasteiger partial charge >= 0.3 is 0 Å². The third-order valence-corrected chi connectivity index (χ3v) is 5.92. The van der Waals surface area contributed by atoms with Crippen LogP contribution in [-0.4, -0.2) is 42.5 Å². The minimum atomic E-state index is -0.109. The van der Waals surface area contributed by atoms with Crippen LogP contribution in [0.5, 0.6) is 0 Å². The predicted molar refractivity (Wildman–Crippen MR) is 88.1 cm³/mol. The van der Waals surface area contributed by atoms with Crippen LogP contribution in [0, 0.1) is 5.92 Å². The number of nitrogens with zero attached hydrogens (tertiary/aromatic N) is 1. The first kappa shape index (κ1) is 14.6. The molecule has 5 nitrogen and oxygen atoms in total. The molecule has 3 aliphatic rings. The molecule has 0 saturated carbocycles. The van der Waals surface area contributed by atoms with Crippen LogP contribution in [0.3, 0.4) is 0 Å². The topological polar surface area (TPSA) is 56.4 Å². The van der Waals surface area contributed by atoms with Crippen molar-refractivity contribution < 1.29 is 4.79 Å². The van der Waals surface area contributed by atoms with Crippen LogP contribution in [-0.2, 0) is 17.8 Å². The Morgan fingerprint density at radius 2 is 2.23 bits per heavy atom. The van der Waals surface area contributed by atoms with Crippen molar-refractivity contribution in [3.63, 3.8) is 0 Å². The quantitative estimate of drug-likeness (QED) is 0.689. The largest absolute Gasteiger partial charge is 0.337 e. The molecule has 3 heterocycles. The number of rotatable bonds is 1. The number of piperidine rings is 1. The van der Waals surface area contributed by atoms with Gasteiger partial charge in [0.25, 0.3) is 0 Å². The van der Waals surface area contributed by atoms with Gasteiger partial charge in [0.05, 0.1) is 0 Å².